The maximum atomic E-state index is 4.47. The van der Waals surface area contributed by atoms with Crippen LogP contribution in [-0.2, 0) is 0 Å². The predicted molar refractivity (Wildman–Crippen MR) is 141 cm³/mol. The molecule has 13 heteroatoms. The summed E-state index contributed by atoms with van der Waals surface area (Å²) in [7, 11) is 0. The molecular weight excluding hydrogens is 484 g/mol. The second-order valence-corrected chi connectivity index (χ2v) is 5.80. The highest BCUT2D eigenvalue weighted by Crippen LogP contribution is 1.73. The zero-order valence-electron chi connectivity index (χ0n) is 20.4. The first-order chi connectivity index (χ1) is 19.0. The molecule has 0 unspecified atom stereocenters. The second-order valence-electron chi connectivity index (χ2n) is 5.80. The number of aromatic nitrogens is 12. The van der Waals surface area contributed by atoms with Crippen molar-refractivity contribution < 1.29 is 4.42 Å². The van der Waals surface area contributed by atoms with Gasteiger partial charge in [-0.25, -0.2) is 19.9 Å². The summed E-state index contributed by atoms with van der Waals surface area (Å²) in [5.41, 5.74) is 0. The molecule has 0 radical (unpaired) electrons. The van der Waals surface area contributed by atoms with Crippen molar-refractivity contribution in [1.82, 2.24) is 60.3 Å². The van der Waals surface area contributed by atoms with E-state index in [1.807, 2.05) is 42.7 Å². The van der Waals surface area contributed by atoms with Gasteiger partial charge < -0.3 is 14.4 Å². The van der Waals surface area contributed by atoms with Crippen LogP contribution in [-0.4, -0.2) is 60.3 Å². The molecule has 0 saturated carbocycles. The van der Waals surface area contributed by atoms with E-state index in [2.05, 4.69) is 64.7 Å². The third-order valence-electron chi connectivity index (χ3n) is 3.09. The molecule has 0 bridgehead atoms. The van der Waals surface area contributed by atoms with Crippen LogP contribution in [0.2, 0.25) is 0 Å². The van der Waals surface area contributed by atoms with Crippen LogP contribution >= 0.6 is 0 Å². The monoisotopic (exact) mass is 512 g/mol. The zero-order valence-corrected chi connectivity index (χ0v) is 20.4. The first-order valence-corrected chi connectivity index (χ1v) is 10.9. The van der Waals surface area contributed by atoms with Crippen molar-refractivity contribution in [3.63, 3.8) is 0 Å². The first kappa shape index (κ1) is 30.2. The van der Waals surface area contributed by atoms with Crippen LogP contribution in [0.3, 0.4) is 0 Å². The SMILES string of the molecule is c1c[nH]cn1.c1cc[nH]c1.c1ccnnc1.c1cn[nH]c1.c1cnccn1.c1cncnc1.c1cocn1. The van der Waals surface area contributed by atoms with Crippen molar-refractivity contribution >= 4 is 0 Å². The van der Waals surface area contributed by atoms with Crippen molar-refractivity contribution in [2.24, 2.45) is 0 Å². The van der Waals surface area contributed by atoms with Gasteiger partial charge in [0.25, 0.3) is 0 Å². The molecule has 7 heterocycles. The fraction of sp³-hybridized carbons (Fsp3) is 0. The lowest BCUT2D eigenvalue weighted by Gasteiger charge is -1.70. The first-order valence-electron chi connectivity index (χ1n) is 10.9. The van der Waals surface area contributed by atoms with Crippen LogP contribution in [0, 0.1) is 0 Å². The van der Waals surface area contributed by atoms with Crippen LogP contribution in [0.15, 0.2) is 159 Å². The highest BCUT2D eigenvalue weighted by atomic mass is 16.3. The largest absolute Gasteiger partial charge is 0.452 e. The van der Waals surface area contributed by atoms with Gasteiger partial charge in [0.1, 0.15) is 12.6 Å². The Kier molecular flexibility index (Phi) is 21.8. The van der Waals surface area contributed by atoms with Crippen LogP contribution in [0.4, 0.5) is 0 Å². The summed E-state index contributed by atoms with van der Waals surface area (Å²) in [4.78, 5) is 27.6. The second kappa shape index (κ2) is 27.4. The Bertz CT molecular complexity index is 861. The molecule has 0 amide bonds. The van der Waals surface area contributed by atoms with Crippen LogP contribution in [0.25, 0.3) is 0 Å². The number of nitrogens with one attached hydrogen (secondary N) is 3. The van der Waals surface area contributed by atoms with Gasteiger partial charge in [-0.05, 0) is 36.4 Å². The van der Waals surface area contributed by atoms with E-state index in [1.54, 1.807) is 93.0 Å². The minimum atomic E-state index is 1.38. The van der Waals surface area contributed by atoms with Crippen LogP contribution in [0.1, 0.15) is 0 Å². The fourth-order valence-electron chi connectivity index (χ4n) is 1.64. The highest BCUT2D eigenvalue weighted by Gasteiger charge is 1.61. The lowest BCUT2D eigenvalue weighted by Crippen LogP contribution is -1.69. The molecule has 38 heavy (non-hydrogen) atoms. The molecule has 3 N–H and O–H groups in total. The molecule has 194 valence electrons. The van der Waals surface area contributed by atoms with Crippen molar-refractivity contribution in [2.75, 3.05) is 0 Å². The minimum Gasteiger partial charge on any atom is -0.452 e. The van der Waals surface area contributed by atoms with Crippen molar-refractivity contribution in [3.8, 4) is 0 Å². The standard InChI is InChI=1S/3C4H4N2.C4H5N.2C3H4N2.C3H3NO/c1-2-6-4-3-5-1;1-2-5-4-6-3-1;1-2-4-6-5-3-1;1-2-4-5-3-1;1-2-5-3-4-1;1-2-4-5-3-1;1-2-5-3-4-1/h3*1-4H;1-5H;2*1-3H,(H,4,5);1-3H. The lowest BCUT2D eigenvalue weighted by molar-refractivity contribution is 0.558. The molecule has 0 aromatic carbocycles. The Balaban J connectivity index is 0.000000222. The van der Waals surface area contributed by atoms with E-state index in [-0.39, 0.29) is 0 Å². The Morgan fingerprint density at radius 2 is 1.16 bits per heavy atom. The number of imidazole rings is 1. The van der Waals surface area contributed by atoms with Gasteiger partial charge in [-0.1, -0.05) is 0 Å². The maximum Gasteiger partial charge on any atom is 0.180 e. The number of nitrogens with zero attached hydrogens (tertiary/aromatic N) is 9. The summed E-state index contributed by atoms with van der Waals surface area (Å²) < 4.78 is 4.47. The van der Waals surface area contributed by atoms with Gasteiger partial charge in [0, 0.05) is 86.8 Å². The topological polar surface area (TPSA) is 177 Å². The van der Waals surface area contributed by atoms with Gasteiger partial charge in [0.15, 0.2) is 6.39 Å². The number of H-pyrrole nitrogens is 3. The molecule has 0 aliphatic carbocycles. The van der Waals surface area contributed by atoms with Gasteiger partial charge in [-0.15, -0.1) is 0 Å². The molecule has 0 aliphatic rings. The van der Waals surface area contributed by atoms with E-state index in [1.165, 1.54) is 19.0 Å². The summed E-state index contributed by atoms with van der Waals surface area (Å²) in [6.45, 7) is 0. The Morgan fingerprint density at radius 1 is 0.447 bits per heavy atom. The Labute approximate surface area is 219 Å². The molecule has 0 spiro atoms. The van der Waals surface area contributed by atoms with E-state index in [9.17, 15) is 0 Å². The van der Waals surface area contributed by atoms with E-state index in [0.717, 1.165) is 0 Å². The number of hydrogen-bond donors (Lipinski definition) is 3. The molecule has 0 fully saturated rings. The average molecular weight is 513 g/mol. The Morgan fingerprint density at radius 3 is 1.34 bits per heavy atom. The predicted octanol–water partition coefficient (Wildman–Crippen LogP) is 3.94. The van der Waals surface area contributed by atoms with Gasteiger partial charge in [0.2, 0.25) is 0 Å². The van der Waals surface area contributed by atoms with Gasteiger partial charge in [-0.3, -0.25) is 15.1 Å². The van der Waals surface area contributed by atoms with Gasteiger partial charge in [-0.2, -0.15) is 15.3 Å². The smallest absolute Gasteiger partial charge is 0.180 e. The van der Waals surface area contributed by atoms with Crippen LogP contribution < -0.4 is 0 Å². The number of oxazole rings is 1. The number of aromatic amines is 3. The van der Waals surface area contributed by atoms with Crippen molar-refractivity contribution in [3.05, 3.63) is 155 Å². The summed E-state index contributed by atoms with van der Waals surface area (Å²) in [5, 5.41) is 13.3. The summed E-state index contributed by atoms with van der Waals surface area (Å²) in [6.07, 6.45) is 31.5. The van der Waals surface area contributed by atoms with Crippen molar-refractivity contribution in [1.29, 1.82) is 0 Å². The number of hydrogen-bond acceptors (Lipinski definition) is 10. The number of rotatable bonds is 0. The fourth-order valence-corrected chi connectivity index (χ4v) is 1.64. The molecule has 0 saturated heterocycles. The summed E-state index contributed by atoms with van der Waals surface area (Å²) in [6, 6.07) is 11.2. The zero-order chi connectivity index (χ0) is 26.9. The molecule has 7 aromatic heterocycles. The molecule has 13 nitrogen and oxygen atoms in total. The third-order valence-corrected chi connectivity index (χ3v) is 3.09. The normalized spacial score (nSPS) is 8.00. The van der Waals surface area contributed by atoms with Gasteiger partial charge in [0.05, 0.1) is 12.5 Å². The van der Waals surface area contributed by atoms with E-state index in [4.69, 9.17) is 0 Å². The van der Waals surface area contributed by atoms with E-state index < -0.39 is 0 Å². The van der Waals surface area contributed by atoms with E-state index >= 15 is 0 Å². The van der Waals surface area contributed by atoms with Crippen LogP contribution in [0.5, 0.6) is 0 Å². The maximum absolute atomic E-state index is 4.47. The quantitative estimate of drug-likeness (QED) is 0.270. The molecule has 0 atom stereocenters. The molecular formula is C25H28N12O. The van der Waals surface area contributed by atoms with Gasteiger partial charge >= 0.3 is 0 Å². The molecule has 7 rings (SSSR count). The van der Waals surface area contributed by atoms with Crippen molar-refractivity contribution in [2.45, 2.75) is 0 Å². The van der Waals surface area contributed by atoms with E-state index in [0.29, 0.717) is 0 Å². The lowest BCUT2D eigenvalue weighted by atomic mass is 10.6. The summed E-state index contributed by atoms with van der Waals surface area (Å²) in [5.74, 6) is 0. The molecule has 0 aliphatic heterocycles. The average Bonchev–Trinajstić information content (AvgIpc) is 3.88. The minimum absolute atomic E-state index is 1.38. The third kappa shape index (κ3) is 24.8. The molecule has 7 aromatic rings. The Hall–Kier alpha value is -5.85. The summed E-state index contributed by atoms with van der Waals surface area (Å²) >= 11 is 0. The highest BCUT2D eigenvalue weighted by molar-refractivity contribution is 4.85.